The average molecular weight is 346 g/mol. The smallest absolute Gasteiger partial charge is 0.222 e. The third-order valence-electron chi connectivity index (χ3n) is 6.10. The first-order chi connectivity index (χ1) is 12.1. The molecule has 0 bridgehead atoms. The zero-order chi connectivity index (χ0) is 17.9. The lowest BCUT2D eigenvalue weighted by Crippen LogP contribution is -2.62. The van der Waals surface area contributed by atoms with E-state index < -0.39 is 0 Å². The van der Waals surface area contributed by atoms with Gasteiger partial charge in [0.1, 0.15) is 0 Å². The van der Waals surface area contributed by atoms with Gasteiger partial charge in [-0.15, -0.1) is 0 Å². The van der Waals surface area contributed by atoms with Gasteiger partial charge in [-0.2, -0.15) is 0 Å². The van der Waals surface area contributed by atoms with Crippen LogP contribution in [0.25, 0.3) is 0 Å². The molecule has 1 saturated carbocycles. The molecule has 1 aliphatic heterocycles. The lowest BCUT2D eigenvalue weighted by molar-refractivity contribution is -0.210. The van der Waals surface area contributed by atoms with Crippen molar-refractivity contribution >= 4 is 5.91 Å². The number of aryl methyl sites for hydroxylation is 2. The topological polar surface area (TPSA) is 75.8 Å². The Hall–Kier alpha value is -1.43. The fraction of sp³-hybridized carbons (Fsp3) is 0.650. The number of likely N-dealkylation sites (tertiary alicyclic amines) is 1. The Balaban J connectivity index is 1.50. The number of nitrogens with two attached hydrogens (primary N) is 1. The Labute approximate surface area is 150 Å². The Kier molecular flexibility index (Phi) is 5.77. The second kappa shape index (κ2) is 7.85. The number of rotatable bonds is 6. The quantitative estimate of drug-likeness (QED) is 0.821. The van der Waals surface area contributed by atoms with Gasteiger partial charge in [-0.1, -0.05) is 24.3 Å². The summed E-state index contributed by atoms with van der Waals surface area (Å²) in [6, 6.07) is 8.23. The van der Waals surface area contributed by atoms with Crippen molar-refractivity contribution in [1.82, 2.24) is 4.90 Å². The number of amides is 1. The molecule has 1 saturated heterocycles. The fourth-order valence-electron chi connectivity index (χ4n) is 4.29. The molecule has 0 aromatic heterocycles. The van der Waals surface area contributed by atoms with E-state index in [1.54, 1.807) is 0 Å². The number of aliphatic hydroxyl groups is 1. The Bertz CT molecular complexity index is 596. The highest BCUT2D eigenvalue weighted by atomic mass is 16.5. The molecule has 1 aromatic rings. The summed E-state index contributed by atoms with van der Waals surface area (Å²) in [5, 5.41) is 10.3. The summed E-state index contributed by atoms with van der Waals surface area (Å²) >= 11 is 0. The summed E-state index contributed by atoms with van der Waals surface area (Å²) < 4.78 is 5.82. The maximum atomic E-state index is 12.6. The van der Waals surface area contributed by atoms with Crippen molar-refractivity contribution in [1.29, 1.82) is 0 Å². The van der Waals surface area contributed by atoms with Crippen molar-refractivity contribution in [2.75, 3.05) is 26.2 Å². The van der Waals surface area contributed by atoms with Crippen LogP contribution >= 0.6 is 0 Å². The van der Waals surface area contributed by atoms with E-state index in [0.29, 0.717) is 39.1 Å². The molecule has 1 aromatic carbocycles. The zero-order valence-electron chi connectivity index (χ0n) is 15.1. The molecule has 1 amide bonds. The molecule has 1 heterocycles. The molecule has 2 unspecified atom stereocenters. The number of aliphatic hydroxyl groups excluding tert-OH is 1. The molecule has 1 spiro atoms. The molecule has 5 heteroatoms. The molecule has 3 rings (SSSR count). The first-order valence-corrected chi connectivity index (χ1v) is 9.39. The van der Waals surface area contributed by atoms with Gasteiger partial charge in [0.25, 0.3) is 0 Å². The zero-order valence-corrected chi connectivity index (χ0v) is 15.1. The average Bonchev–Trinajstić information content (AvgIpc) is 2.64. The number of hydrogen-bond acceptors (Lipinski definition) is 4. The van der Waals surface area contributed by atoms with Gasteiger partial charge in [0.05, 0.1) is 18.8 Å². The van der Waals surface area contributed by atoms with E-state index in [0.717, 1.165) is 19.3 Å². The predicted molar refractivity (Wildman–Crippen MR) is 97.2 cm³/mol. The van der Waals surface area contributed by atoms with Gasteiger partial charge in [0.15, 0.2) is 0 Å². The molecule has 5 nitrogen and oxygen atoms in total. The molecule has 1 aliphatic carbocycles. The standard InChI is InChI=1S/C20H30N2O3/c1-15-4-2-3-5-16(15)6-7-19(24)22-11-8-20(9-12-22)17(23)14-18(20)25-13-10-21/h2-5,17-18,23H,6-14,21H2,1H3. The molecular weight excluding hydrogens is 316 g/mol. The number of carbonyl (C=O) groups is 1. The lowest BCUT2D eigenvalue weighted by atomic mass is 9.58. The third-order valence-corrected chi connectivity index (χ3v) is 6.10. The van der Waals surface area contributed by atoms with Crippen LogP contribution in [0.2, 0.25) is 0 Å². The van der Waals surface area contributed by atoms with Gasteiger partial charge in [-0.05, 0) is 37.3 Å². The Morgan fingerprint density at radius 2 is 2.08 bits per heavy atom. The third kappa shape index (κ3) is 3.73. The summed E-state index contributed by atoms with van der Waals surface area (Å²) in [6.45, 7) is 4.56. The van der Waals surface area contributed by atoms with Crippen molar-refractivity contribution in [2.45, 2.75) is 51.2 Å². The minimum atomic E-state index is -0.306. The fourth-order valence-corrected chi connectivity index (χ4v) is 4.29. The van der Waals surface area contributed by atoms with Gasteiger partial charge < -0.3 is 20.5 Å². The van der Waals surface area contributed by atoms with Crippen LogP contribution < -0.4 is 5.73 Å². The van der Waals surface area contributed by atoms with Crippen LogP contribution in [0, 0.1) is 12.3 Å². The van der Waals surface area contributed by atoms with Crippen LogP contribution in [0.1, 0.15) is 36.8 Å². The van der Waals surface area contributed by atoms with Crippen LogP contribution in [0.5, 0.6) is 0 Å². The van der Waals surface area contributed by atoms with E-state index >= 15 is 0 Å². The van der Waals surface area contributed by atoms with Gasteiger partial charge in [-0.3, -0.25) is 4.79 Å². The first kappa shape index (κ1) is 18.4. The monoisotopic (exact) mass is 346 g/mol. The second-order valence-electron chi connectivity index (χ2n) is 7.44. The maximum absolute atomic E-state index is 12.6. The molecule has 2 fully saturated rings. The van der Waals surface area contributed by atoms with Crippen LogP contribution in [-0.2, 0) is 16.0 Å². The number of carbonyl (C=O) groups excluding carboxylic acids is 1. The molecule has 2 aliphatic rings. The molecule has 138 valence electrons. The molecule has 25 heavy (non-hydrogen) atoms. The van der Waals surface area contributed by atoms with Crippen LogP contribution in [0.4, 0.5) is 0 Å². The van der Waals surface area contributed by atoms with Crippen molar-refractivity contribution in [2.24, 2.45) is 11.1 Å². The second-order valence-corrected chi connectivity index (χ2v) is 7.44. The lowest BCUT2D eigenvalue weighted by Gasteiger charge is -2.56. The Morgan fingerprint density at radius 1 is 1.36 bits per heavy atom. The van der Waals surface area contributed by atoms with E-state index in [4.69, 9.17) is 10.5 Å². The number of nitrogens with zero attached hydrogens (tertiary/aromatic N) is 1. The summed E-state index contributed by atoms with van der Waals surface area (Å²) in [7, 11) is 0. The summed E-state index contributed by atoms with van der Waals surface area (Å²) in [5.74, 6) is 0.214. The molecule has 3 N–H and O–H groups in total. The van der Waals surface area contributed by atoms with Crippen molar-refractivity contribution in [3.05, 3.63) is 35.4 Å². The van der Waals surface area contributed by atoms with Crippen LogP contribution in [0.15, 0.2) is 24.3 Å². The summed E-state index contributed by atoms with van der Waals surface area (Å²) in [5.41, 5.74) is 7.84. The minimum absolute atomic E-state index is 0.0928. The van der Waals surface area contributed by atoms with Crippen LogP contribution in [-0.4, -0.2) is 54.4 Å². The Morgan fingerprint density at radius 3 is 2.72 bits per heavy atom. The number of ether oxygens (including phenoxy) is 1. The van der Waals surface area contributed by atoms with Crippen LogP contribution in [0.3, 0.4) is 0 Å². The molecule has 2 atom stereocenters. The van der Waals surface area contributed by atoms with E-state index in [1.165, 1.54) is 11.1 Å². The van der Waals surface area contributed by atoms with Gasteiger partial charge in [-0.25, -0.2) is 0 Å². The van der Waals surface area contributed by atoms with Gasteiger partial charge in [0, 0.05) is 37.9 Å². The first-order valence-electron chi connectivity index (χ1n) is 9.39. The van der Waals surface area contributed by atoms with Crippen molar-refractivity contribution < 1.29 is 14.6 Å². The highest BCUT2D eigenvalue weighted by Crippen LogP contribution is 2.50. The number of hydrogen-bond donors (Lipinski definition) is 2. The molecule has 0 radical (unpaired) electrons. The maximum Gasteiger partial charge on any atom is 0.222 e. The highest BCUT2D eigenvalue weighted by molar-refractivity contribution is 5.76. The molecular formula is C20H30N2O3. The minimum Gasteiger partial charge on any atom is -0.392 e. The van der Waals surface area contributed by atoms with Crippen molar-refractivity contribution in [3.63, 3.8) is 0 Å². The van der Waals surface area contributed by atoms with E-state index in [9.17, 15) is 9.90 Å². The SMILES string of the molecule is Cc1ccccc1CCC(=O)N1CCC2(CC1)C(O)CC2OCCN. The highest BCUT2D eigenvalue weighted by Gasteiger charge is 2.56. The van der Waals surface area contributed by atoms with E-state index in [-0.39, 0.29) is 23.5 Å². The summed E-state index contributed by atoms with van der Waals surface area (Å²) in [4.78, 5) is 14.5. The summed E-state index contributed by atoms with van der Waals surface area (Å²) in [6.07, 6.45) is 3.46. The van der Waals surface area contributed by atoms with Gasteiger partial charge >= 0.3 is 0 Å². The number of piperidine rings is 1. The van der Waals surface area contributed by atoms with Crippen molar-refractivity contribution in [3.8, 4) is 0 Å². The van der Waals surface area contributed by atoms with Gasteiger partial charge in [0.2, 0.25) is 5.91 Å². The van der Waals surface area contributed by atoms with E-state index in [2.05, 4.69) is 19.1 Å². The predicted octanol–water partition coefficient (Wildman–Crippen LogP) is 1.64. The normalized spacial score (nSPS) is 25.0. The van der Waals surface area contributed by atoms with E-state index in [1.807, 2.05) is 17.0 Å². The largest absolute Gasteiger partial charge is 0.392 e. The number of benzene rings is 1.